The van der Waals surface area contributed by atoms with Crippen LogP contribution in [0, 0.1) is 0 Å². The molecule has 0 bridgehead atoms. The summed E-state index contributed by atoms with van der Waals surface area (Å²) in [5.74, 6) is 0.0756. The van der Waals surface area contributed by atoms with Crippen LogP contribution in [0.1, 0.15) is 47.6 Å². The molecule has 9 aromatic rings. The number of para-hydroxylation sites is 1. The van der Waals surface area contributed by atoms with Gasteiger partial charge in [0.15, 0.2) is 0 Å². The molecule has 0 unspecified atom stereocenters. The summed E-state index contributed by atoms with van der Waals surface area (Å²) in [6, 6.07) is 68.4. The molecule has 252 valence electrons. The first-order valence-electron chi connectivity index (χ1n) is 18.5. The van der Waals surface area contributed by atoms with E-state index in [4.69, 9.17) is 4.42 Å². The van der Waals surface area contributed by atoms with E-state index in [2.05, 4.69) is 202 Å². The Morgan fingerprint density at radius 2 is 0.830 bits per heavy atom. The molecule has 1 nitrogen and oxygen atoms in total. The van der Waals surface area contributed by atoms with Crippen molar-refractivity contribution in [3.63, 3.8) is 0 Å². The molecule has 0 N–H and O–H groups in total. The predicted octanol–water partition coefficient (Wildman–Crippen LogP) is 14.1. The van der Waals surface area contributed by atoms with Crippen molar-refractivity contribution in [2.75, 3.05) is 0 Å². The molecular formula is C52H38O. The van der Waals surface area contributed by atoms with Crippen LogP contribution in [0.4, 0.5) is 0 Å². The fourth-order valence-corrected chi connectivity index (χ4v) is 8.70. The van der Waals surface area contributed by atoms with E-state index in [0.717, 1.165) is 27.7 Å². The molecule has 0 saturated heterocycles. The molecule has 1 heterocycles. The van der Waals surface area contributed by atoms with E-state index < -0.39 is 0 Å². The third-order valence-electron chi connectivity index (χ3n) is 11.5. The van der Waals surface area contributed by atoms with E-state index >= 15 is 0 Å². The molecule has 0 amide bonds. The Labute approximate surface area is 310 Å². The highest BCUT2D eigenvalue weighted by atomic mass is 16.3. The number of benzene rings is 8. The minimum Gasteiger partial charge on any atom is -0.455 e. The van der Waals surface area contributed by atoms with Gasteiger partial charge in [-0.2, -0.15) is 0 Å². The maximum absolute atomic E-state index is 6.94. The van der Waals surface area contributed by atoms with Crippen LogP contribution in [0.2, 0.25) is 0 Å². The summed E-state index contributed by atoms with van der Waals surface area (Å²) in [6.45, 7) is 4.64. The number of hydrogen-bond donors (Lipinski definition) is 0. The largest absolute Gasteiger partial charge is 0.455 e. The van der Waals surface area contributed by atoms with Crippen molar-refractivity contribution in [2.45, 2.75) is 25.2 Å². The summed E-state index contributed by atoms with van der Waals surface area (Å²) in [6.07, 6.45) is 0. The number of furan rings is 1. The van der Waals surface area contributed by atoms with Gasteiger partial charge >= 0.3 is 0 Å². The van der Waals surface area contributed by atoms with Crippen molar-refractivity contribution >= 4 is 21.9 Å². The number of fused-ring (bicyclic) bond motifs is 7. The average molecular weight is 679 g/mol. The third-order valence-corrected chi connectivity index (χ3v) is 11.5. The highest BCUT2D eigenvalue weighted by Crippen LogP contribution is 2.53. The van der Waals surface area contributed by atoms with Crippen LogP contribution < -0.4 is 0 Å². The maximum Gasteiger partial charge on any atom is 0.143 e. The van der Waals surface area contributed by atoms with Gasteiger partial charge < -0.3 is 4.42 Å². The highest BCUT2D eigenvalue weighted by molar-refractivity contribution is 6.14. The fraction of sp³-hybridized carbons (Fsp3) is 0.0769. The van der Waals surface area contributed by atoms with Crippen LogP contribution in [-0.4, -0.2) is 0 Å². The van der Waals surface area contributed by atoms with E-state index in [1.54, 1.807) is 0 Å². The molecule has 10 rings (SSSR count). The van der Waals surface area contributed by atoms with Crippen LogP contribution in [0.25, 0.3) is 66.4 Å². The summed E-state index contributed by atoms with van der Waals surface area (Å²) < 4.78 is 6.94. The SMILES string of the molecule is CC1(C)c2ccccc2-c2c1ccc1c2oc2c(-c3ccc(C(c4ccc(-c5ccccc5)cc4)c4ccc(-c5ccccc5)cc4)cc3)cccc21. The molecule has 1 aromatic heterocycles. The topological polar surface area (TPSA) is 13.1 Å². The molecule has 1 heteroatoms. The van der Waals surface area contributed by atoms with Crippen molar-refractivity contribution in [1.29, 1.82) is 0 Å². The lowest BCUT2D eigenvalue weighted by Gasteiger charge is -2.21. The van der Waals surface area contributed by atoms with E-state index in [0.29, 0.717) is 0 Å². The second kappa shape index (κ2) is 12.4. The average Bonchev–Trinajstić information content (AvgIpc) is 3.72. The lowest BCUT2D eigenvalue weighted by Crippen LogP contribution is -2.14. The minimum atomic E-state index is -0.0714. The molecular weight excluding hydrogens is 641 g/mol. The van der Waals surface area contributed by atoms with Crippen molar-refractivity contribution in [1.82, 2.24) is 0 Å². The molecule has 0 radical (unpaired) electrons. The first kappa shape index (κ1) is 31.3. The van der Waals surface area contributed by atoms with E-state index in [1.165, 1.54) is 66.6 Å². The predicted molar refractivity (Wildman–Crippen MR) is 221 cm³/mol. The molecule has 53 heavy (non-hydrogen) atoms. The Bertz CT molecular complexity index is 2670. The molecule has 0 saturated carbocycles. The van der Waals surface area contributed by atoms with Crippen LogP contribution in [0.5, 0.6) is 0 Å². The van der Waals surface area contributed by atoms with Crippen molar-refractivity contribution in [3.05, 3.63) is 216 Å². The van der Waals surface area contributed by atoms with E-state index in [-0.39, 0.29) is 11.3 Å². The lowest BCUT2D eigenvalue weighted by atomic mass is 9.82. The van der Waals surface area contributed by atoms with Gasteiger partial charge in [0.1, 0.15) is 11.2 Å². The zero-order valence-corrected chi connectivity index (χ0v) is 29.9. The Balaban J connectivity index is 1.06. The number of rotatable bonds is 6. The second-order valence-electron chi connectivity index (χ2n) is 14.9. The molecule has 0 atom stereocenters. The second-order valence-corrected chi connectivity index (χ2v) is 14.9. The maximum atomic E-state index is 6.94. The summed E-state index contributed by atoms with van der Waals surface area (Å²) in [4.78, 5) is 0. The van der Waals surface area contributed by atoms with Gasteiger partial charge in [-0.05, 0) is 61.2 Å². The van der Waals surface area contributed by atoms with Gasteiger partial charge in [0.25, 0.3) is 0 Å². The summed E-state index contributed by atoms with van der Waals surface area (Å²) >= 11 is 0. The van der Waals surface area contributed by atoms with Crippen molar-refractivity contribution in [3.8, 4) is 44.5 Å². The van der Waals surface area contributed by atoms with Crippen LogP contribution in [0.15, 0.2) is 192 Å². The first-order valence-corrected chi connectivity index (χ1v) is 18.5. The Morgan fingerprint density at radius 3 is 1.42 bits per heavy atom. The van der Waals surface area contributed by atoms with Crippen molar-refractivity contribution < 1.29 is 4.42 Å². The normalized spacial score (nSPS) is 13.0. The van der Waals surface area contributed by atoms with Gasteiger partial charge in [0.05, 0.1) is 0 Å². The van der Waals surface area contributed by atoms with Gasteiger partial charge in [-0.25, -0.2) is 0 Å². The van der Waals surface area contributed by atoms with Gasteiger partial charge in [0.2, 0.25) is 0 Å². The van der Waals surface area contributed by atoms with Gasteiger partial charge in [-0.3, -0.25) is 0 Å². The minimum absolute atomic E-state index is 0.0714. The summed E-state index contributed by atoms with van der Waals surface area (Å²) in [5.41, 5.74) is 18.0. The third kappa shape index (κ3) is 5.15. The van der Waals surface area contributed by atoms with Crippen LogP contribution in [0.3, 0.4) is 0 Å². The summed E-state index contributed by atoms with van der Waals surface area (Å²) in [7, 11) is 0. The van der Waals surface area contributed by atoms with E-state index in [9.17, 15) is 0 Å². The number of hydrogen-bond acceptors (Lipinski definition) is 1. The van der Waals surface area contributed by atoms with E-state index in [1.807, 2.05) is 0 Å². The first-order chi connectivity index (χ1) is 26.0. The molecule has 1 aliphatic carbocycles. The Hall–Kier alpha value is -6.44. The quantitative estimate of drug-likeness (QED) is 0.160. The van der Waals surface area contributed by atoms with Crippen LogP contribution in [-0.2, 0) is 5.41 Å². The molecule has 1 aliphatic rings. The highest BCUT2D eigenvalue weighted by Gasteiger charge is 2.37. The Kier molecular flexibility index (Phi) is 7.30. The lowest BCUT2D eigenvalue weighted by molar-refractivity contribution is 0.653. The Morgan fingerprint density at radius 1 is 0.358 bits per heavy atom. The summed E-state index contributed by atoms with van der Waals surface area (Å²) in [5, 5.41) is 2.32. The van der Waals surface area contributed by atoms with Gasteiger partial charge in [-0.15, -0.1) is 0 Å². The zero-order chi connectivity index (χ0) is 35.5. The molecule has 0 fully saturated rings. The van der Waals surface area contributed by atoms with Gasteiger partial charge in [-0.1, -0.05) is 202 Å². The standard InChI is InChI=1S/C52H38O/c1-52(2)46-19-10-9-16-45(46)49-47(52)33-32-44-43-18-11-17-42(50(43)53-51(44)49)38-24-30-41(31-25-38)48(39-26-20-36(21-27-39)34-12-5-3-6-13-34)40-28-22-37(23-29-40)35-14-7-4-8-15-35/h3-33,48H,1-2H3. The molecule has 8 aromatic carbocycles. The fourth-order valence-electron chi connectivity index (χ4n) is 8.70. The molecule has 0 aliphatic heterocycles. The molecule has 0 spiro atoms. The van der Waals surface area contributed by atoms with Crippen molar-refractivity contribution in [2.24, 2.45) is 0 Å². The smallest absolute Gasteiger partial charge is 0.143 e. The van der Waals surface area contributed by atoms with Gasteiger partial charge in [0, 0.05) is 33.2 Å². The van der Waals surface area contributed by atoms with Crippen LogP contribution >= 0.6 is 0 Å². The zero-order valence-electron chi connectivity index (χ0n) is 29.9. The monoisotopic (exact) mass is 678 g/mol.